The van der Waals surface area contributed by atoms with Crippen LogP contribution in [0.5, 0.6) is 23.0 Å². The molecule has 0 fully saturated rings. The Labute approximate surface area is 180 Å². The fourth-order valence-corrected chi connectivity index (χ4v) is 3.24. The summed E-state index contributed by atoms with van der Waals surface area (Å²) in [6, 6.07) is 6.51. The highest BCUT2D eigenvalue weighted by Crippen LogP contribution is 2.46. The molecule has 0 atom stereocenters. The maximum absolute atomic E-state index is 12.6. The SMILES string of the molecule is COc1ccc(C=NNC(=O)c2cc(OC)c(OC)c(OC)c2[N+](=O)[O-])cc1I. The minimum atomic E-state index is -0.810. The van der Waals surface area contributed by atoms with E-state index < -0.39 is 16.5 Å². The highest BCUT2D eigenvalue weighted by atomic mass is 127. The molecular formula is C18H18IN3O7. The molecule has 1 N–H and O–H groups in total. The van der Waals surface area contributed by atoms with Crippen LogP contribution < -0.4 is 24.4 Å². The lowest BCUT2D eigenvalue weighted by molar-refractivity contribution is -0.386. The summed E-state index contributed by atoms with van der Waals surface area (Å²) in [5.74, 6) is -0.214. The first-order valence-electron chi connectivity index (χ1n) is 8.02. The molecule has 0 aliphatic carbocycles. The molecule has 2 aromatic rings. The molecule has 11 heteroatoms. The summed E-state index contributed by atoms with van der Waals surface area (Å²) >= 11 is 2.11. The lowest BCUT2D eigenvalue weighted by Gasteiger charge is -2.14. The molecule has 1 amide bonds. The van der Waals surface area contributed by atoms with Crippen molar-refractivity contribution >= 4 is 40.4 Å². The summed E-state index contributed by atoms with van der Waals surface area (Å²) in [5.41, 5.74) is 2.13. The number of carbonyl (C=O) groups excluding carboxylic acids is 1. The molecule has 0 bridgehead atoms. The van der Waals surface area contributed by atoms with Gasteiger partial charge in [0.15, 0.2) is 5.75 Å². The van der Waals surface area contributed by atoms with Crippen LogP contribution in [-0.4, -0.2) is 45.5 Å². The molecule has 0 aromatic heterocycles. The first-order valence-corrected chi connectivity index (χ1v) is 9.10. The number of methoxy groups -OCH3 is 4. The summed E-state index contributed by atoms with van der Waals surface area (Å²) in [5, 5.41) is 15.4. The van der Waals surface area contributed by atoms with Crippen molar-refractivity contribution in [3.63, 3.8) is 0 Å². The zero-order chi connectivity index (χ0) is 21.6. The molecule has 0 unspecified atom stereocenters. The van der Waals surface area contributed by atoms with Crippen LogP contribution in [0.1, 0.15) is 15.9 Å². The fourth-order valence-electron chi connectivity index (χ4n) is 2.48. The second-order valence-corrected chi connectivity index (χ2v) is 6.55. The van der Waals surface area contributed by atoms with Crippen molar-refractivity contribution in [1.82, 2.24) is 5.43 Å². The number of amides is 1. The Bertz CT molecular complexity index is 963. The van der Waals surface area contributed by atoms with Gasteiger partial charge in [0.25, 0.3) is 5.91 Å². The number of nitro groups is 1. The van der Waals surface area contributed by atoms with Crippen LogP contribution in [0.25, 0.3) is 0 Å². The Morgan fingerprint density at radius 3 is 2.24 bits per heavy atom. The monoisotopic (exact) mass is 515 g/mol. The van der Waals surface area contributed by atoms with Gasteiger partial charge in [-0.1, -0.05) is 0 Å². The van der Waals surface area contributed by atoms with Crippen LogP contribution >= 0.6 is 22.6 Å². The number of ether oxygens (including phenoxy) is 4. The van der Waals surface area contributed by atoms with Crippen molar-refractivity contribution in [2.24, 2.45) is 5.10 Å². The van der Waals surface area contributed by atoms with E-state index in [0.29, 0.717) is 11.3 Å². The molecule has 2 aromatic carbocycles. The maximum Gasteiger partial charge on any atom is 0.327 e. The van der Waals surface area contributed by atoms with Gasteiger partial charge in [-0.3, -0.25) is 14.9 Å². The van der Waals surface area contributed by atoms with Crippen molar-refractivity contribution in [3.8, 4) is 23.0 Å². The molecule has 0 radical (unpaired) electrons. The average Bonchev–Trinajstić information content (AvgIpc) is 2.71. The van der Waals surface area contributed by atoms with Gasteiger partial charge in [-0.05, 0) is 46.4 Å². The van der Waals surface area contributed by atoms with Gasteiger partial charge in [0.2, 0.25) is 11.5 Å². The third-order valence-corrected chi connectivity index (χ3v) is 4.63. The predicted octanol–water partition coefficient (Wildman–Crippen LogP) is 3.00. The summed E-state index contributed by atoms with van der Waals surface area (Å²) in [6.07, 6.45) is 1.41. The molecule has 10 nitrogen and oxygen atoms in total. The van der Waals surface area contributed by atoms with Gasteiger partial charge < -0.3 is 18.9 Å². The Morgan fingerprint density at radius 2 is 1.72 bits per heavy atom. The van der Waals surface area contributed by atoms with Crippen LogP contribution in [0.15, 0.2) is 29.4 Å². The number of nitrogens with one attached hydrogen (secondary N) is 1. The van der Waals surface area contributed by atoms with E-state index in [2.05, 4.69) is 33.1 Å². The van der Waals surface area contributed by atoms with Crippen LogP contribution in [0.3, 0.4) is 0 Å². The van der Waals surface area contributed by atoms with E-state index in [1.807, 2.05) is 0 Å². The number of rotatable bonds is 8. The molecule has 0 aliphatic heterocycles. The van der Waals surface area contributed by atoms with Gasteiger partial charge in [0, 0.05) is 6.07 Å². The van der Waals surface area contributed by atoms with Gasteiger partial charge >= 0.3 is 5.69 Å². The van der Waals surface area contributed by atoms with Gasteiger partial charge in [0.05, 0.1) is 43.1 Å². The molecule has 0 heterocycles. The number of hydrazone groups is 1. The van der Waals surface area contributed by atoms with E-state index in [0.717, 1.165) is 3.57 Å². The minimum absolute atomic E-state index is 0.00885. The number of carbonyl (C=O) groups is 1. The number of nitro benzene ring substituents is 1. The highest BCUT2D eigenvalue weighted by Gasteiger charge is 2.32. The molecule has 2 rings (SSSR count). The zero-order valence-corrected chi connectivity index (χ0v) is 18.2. The van der Waals surface area contributed by atoms with Crippen LogP contribution in [0.4, 0.5) is 5.69 Å². The van der Waals surface area contributed by atoms with Crippen LogP contribution in [0.2, 0.25) is 0 Å². The smallest absolute Gasteiger partial charge is 0.327 e. The fraction of sp³-hybridized carbons (Fsp3) is 0.222. The largest absolute Gasteiger partial charge is 0.496 e. The number of halogens is 1. The van der Waals surface area contributed by atoms with Gasteiger partial charge in [0.1, 0.15) is 11.3 Å². The van der Waals surface area contributed by atoms with Crippen LogP contribution in [-0.2, 0) is 0 Å². The average molecular weight is 515 g/mol. The topological polar surface area (TPSA) is 122 Å². The number of hydrogen-bond acceptors (Lipinski definition) is 8. The molecular weight excluding hydrogens is 497 g/mol. The third kappa shape index (κ3) is 4.85. The van der Waals surface area contributed by atoms with Gasteiger partial charge in [-0.25, -0.2) is 5.43 Å². The van der Waals surface area contributed by atoms with Crippen molar-refractivity contribution in [2.45, 2.75) is 0 Å². The van der Waals surface area contributed by atoms with Crippen molar-refractivity contribution in [1.29, 1.82) is 0 Å². The first kappa shape index (κ1) is 22.2. The molecule has 29 heavy (non-hydrogen) atoms. The lowest BCUT2D eigenvalue weighted by atomic mass is 10.1. The van der Waals surface area contributed by atoms with E-state index in [-0.39, 0.29) is 22.8 Å². The van der Waals surface area contributed by atoms with Crippen LogP contribution in [0, 0.1) is 13.7 Å². The lowest BCUT2D eigenvalue weighted by Crippen LogP contribution is -2.20. The van der Waals surface area contributed by atoms with E-state index in [1.54, 1.807) is 25.3 Å². The third-order valence-electron chi connectivity index (χ3n) is 3.79. The predicted molar refractivity (Wildman–Crippen MR) is 114 cm³/mol. The summed E-state index contributed by atoms with van der Waals surface area (Å²) in [4.78, 5) is 23.4. The van der Waals surface area contributed by atoms with E-state index in [1.165, 1.54) is 33.6 Å². The van der Waals surface area contributed by atoms with Crippen molar-refractivity contribution in [2.75, 3.05) is 28.4 Å². The Morgan fingerprint density at radius 1 is 1.07 bits per heavy atom. The van der Waals surface area contributed by atoms with E-state index in [9.17, 15) is 14.9 Å². The summed E-state index contributed by atoms with van der Waals surface area (Å²) < 4.78 is 21.4. The minimum Gasteiger partial charge on any atom is -0.496 e. The van der Waals surface area contributed by atoms with Crippen molar-refractivity contribution < 1.29 is 28.7 Å². The molecule has 0 aliphatic rings. The number of hydrogen-bond donors (Lipinski definition) is 1. The normalized spacial score (nSPS) is 10.5. The Kier molecular flexibility index (Phi) is 7.59. The Hall–Kier alpha value is -3.09. The summed E-state index contributed by atoms with van der Waals surface area (Å²) in [6.45, 7) is 0. The molecule has 0 saturated carbocycles. The van der Waals surface area contributed by atoms with Gasteiger partial charge in [-0.2, -0.15) is 5.10 Å². The number of benzene rings is 2. The van der Waals surface area contributed by atoms with Gasteiger partial charge in [-0.15, -0.1) is 0 Å². The zero-order valence-electron chi connectivity index (χ0n) is 16.0. The molecule has 154 valence electrons. The molecule has 0 spiro atoms. The maximum atomic E-state index is 12.6. The Balaban J connectivity index is 2.37. The number of nitrogens with zero attached hydrogens (tertiary/aromatic N) is 2. The summed E-state index contributed by atoms with van der Waals surface area (Å²) in [7, 11) is 5.45. The van der Waals surface area contributed by atoms with Crippen molar-refractivity contribution in [3.05, 3.63) is 49.1 Å². The standard InChI is InChI=1S/C18H18IN3O7/c1-26-13-6-5-10(7-12(13)19)9-20-21-18(23)11-8-14(27-2)16(28-3)17(29-4)15(11)22(24)25/h5-9H,1-4H3,(H,21,23). The second-order valence-electron chi connectivity index (χ2n) is 5.39. The first-order chi connectivity index (χ1) is 13.9. The molecule has 0 saturated heterocycles. The highest BCUT2D eigenvalue weighted by molar-refractivity contribution is 14.1. The van der Waals surface area contributed by atoms with E-state index in [4.69, 9.17) is 18.9 Å². The van der Waals surface area contributed by atoms with E-state index >= 15 is 0 Å². The quantitative estimate of drug-likeness (QED) is 0.248. The second kappa shape index (κ2) is 9.91.